The Labute approximate surface area is 268 Å². The number of likely N-dealkylation sites (tertiary alicyclic amines) is 1. The predicted octanol–water partition coefficient (Wildman–Crippen LogP) is 2.16. The Morgan fingerprint density at radius 1 is 1.02 bits per heavy atom. The summed E-state index contributed by atoms with van der Waals surface area (Å²) in [4.78, 5) is 81.7. The zero-order valence-corrected chi connectivity index (χ0v) is 27.5. The second kappa shape index (κ2) is 16.4. The number of amides is 5. The number of nitrogens with two attached hydrogens (primary N) is 1. The van der Waals surface area contributed by atoms with Crippen LogP contribution >= 0.6 is 11.8 Å². The van der Waals surface area contributed by atoms with Gasteiger partial charge in [-0.2, -0.15) is 0 Å². The van der Waals surface area contributed by atoms with Gasteiger partial charge in [-0.1, -0.05) is 57.2 Å². The van der Waals surface area contributed by atoms with E-state index in [1.165, 1.54) is 18.7 Å². The van der Waals surface area contributed by atoms with Gasteiger partial charge in [-0.25, -0.2) is 0 Å². The summed E-state index contributed by atoms with van der Waals surface area (Å²) < 4.78 is 0. The summed E-state index contributed by atoms with van der Waals surface area (Å²) in [5.74, 6) is -2.23. The molecule has 0 saturated carbocycles. The number of carbonyl (C=O) groups is 6. The fourth-order valence-corrected chi connectivity index (χ4v) is 6.59. The van der Waals surface area contributed by atoms with Crippen LogP contribution in [0.3, 0.4) is 0 Å². The molecule has 2 heterocycles. The standard InChI is InChI=1S/C32H46N6O6S/c1-6-10-27(31(43)36-24(28(33)40)16-21-17-34-23-12-8-7-11-22(21)23)45-32(44)19(4)35-29(41)25(15-18(2)3)37-30(42)26-13-9-14-38(26)20(5)39/h7-8,11-12,17-19,24-27,34H,6,9-10,13-16H2,1-5H3,(H2,33,40)(H,35,41)(H,36,43)(H,37,42)/t19?,24-,25-,26-,27?/m0/s1. The molecule has 6 N–H and O–H groups in total. The predicted molar refractivity (Wildman–Crippen MR) is 174 cm³/mol. The Morgan fingerprint density at radius 2 is 1.73 bits per heavy atom. The van der Waals surface area contributed by atoms with Gasteiger partial charge in [-0.05, 0) is 50.2 Å². The highest BCUT2D eigenvalue weighted by Crippen LogP contribution is 2.22. The molecular weight excluding hydrogens is 596 g/mol. The summed E-state index contributed by atoms with van der Waals surface area (Å²) >= 11 is 0.800. The van der Waals surface area contributed by atoms with Crippen molar-refractivity contribution in [1.29, 1.82) is 0 Å². The maximum atomic E-state index is 13.3. The number of rotatable bonds is 15. The molecule has 5 atom stereocenters. The highest BCUT2D eigenvalue weighted by molar-refractivity contribution is 8.14. The molecule has 246 valence electrons. The molecule has 45 heavy (non-hydrogen) atoms. The van der Waals surface area contributed by atoms with Gasteiger partial charge in [0.1, 0.15) is 18.1 Å². The van der Waals surface area contributed by atoms with Crippen LogP contribution in [0.1, 0.15) is 72.3 Å². The zero-order valence-electron chi connectivity index (χ0n) is 26.7. The SMILES string of the molecule is CCCC(SC(=O)C(C)NC(=O)[C@H](CC(C)C)NC(=O)[C@@H]1CCCN1C(C)=O)C(=O)N[C@@H](Cc1c[nH]c2ccccc12)C(N)=O. The van der Waals surface area contributed by atoms with Crippen molar-refractivity contribution in [2.24, 2.45) is 11.7 Å². The van der Waals surface area contributed by atoms with Crippen molar-refractivity contribution in [3.8, 4) is 0 Å². The van der Waals surface area contributed by atoms with E-state index in [-0.39, 0.29) is 18.2 Å². The first kappa shape index (κ1) is 35.6. The fourth-order valence-electron chi connectivity index (χ4n) is 5.52. The zero-order chi connectivity index (χ0) is 33.3. The molecule has 0 bridgehead atoms. The number of thioether (sulfide) groups is 1. The maximum Gasteiger partial charge on any atom is 0.243 e. The second-order valence-corrected chi connectivity index (χ2v) is 13.2. The maximum absolute atomic E-state index is 13.3. The number of primary amides is 1. The lowest BCUT2D eigenvalue weighted by molar-refractivity contribution is -0.138. The van der Waals surface area contributed by atoms with Crippen LogP contribution in [0.5, 0.6) is 0 Å². The summed E-state index contributed by atoms with van der Waals surface area (Å²) in [6.07, 6.45) is 4.49. The third-order valence-electron chi connectivity index (χ3n) is 7.87. The molecule has 12 nitrogen and oxygen atoms in total. The number of nitrogens with one attached hydrogen (secondary N) is 4. The smallest absolute Gasteiger partial charge is 0.243 e. The lowest BCUT2D eigenvalue weighted by Crippen LogP contribution is -2.55. The minimum Gasteiger partial charge on any atom is -0.368 e. The third-order valence-corrected chi connectivity index (χ3v) is 9.19. The van der Waals surface area contributed by atoms with Crippen molar-refractivity contribution in [2.75, 3.05) is 6.54 Å². The number of benzene rings is 1. The van der Waals surface area contributed by atoms with E-state index in [4.69, 9.17) is 5.73 Å². The van der Waals surface area contributed by atoms with E-state index in [0.717, 1.165) is 28.2 Å². The van der Waals surface area contributed by atoms with E-state index in [1.54, 1.807) is 6.20 Å². The van der Waals surface area contributed by atoms with Crippen LogP contribution in [0.4, 0.5) is 0 Å². The molecule has 1 aliphatic heterocycles. The molecule has 3 rings (SSSR count). The molecule has 1 aromatic heterocycles. The number of para-hydroxylation sites is 1. The van der Waals surface area contributed by atoms with Crippen molar-refractivity contribution >= 4 is 57.3 Å². The molecule has 2 aromatic rings. The van der Waals surface area contributed by atoms with Crippen LogP contribution in [0.25, 0.3) is 10.9 Å². The summed E-state index contributed by atoms with van der Waals surface area (Å²) in [5, 5.41) is 7.89. The number of carbonyl (C=O) groups excluding carboxylic acids is 6. The van der Waals surface area contributed by atoms with Crippen molar-refractivity contribution in [3.63, 3.8) is 0 Å². The van der Waals surface area contributed by atoms with E-state index in [9.17, 15) is 28.8 Å². The van der Waals surface area contributed by atoms with Gasteiger partial charge in [0, 0.05) is 37.0 Å². The molecule has 1 saturated heterocycles. The first-order valence-electron chi connectivity index (χ1n) is 15.5. The number of aromatic nitrogens is 1. The van der Waals surface area contributed by atoms with Crippen LogP contribution in [-0.2, 0) is 35.2 Å². The molecule has 0 spiro atoms. The van der Waals surface area contributed by atoms with Crippen molar-refractivity contribution in [3.05, 3.63) is 36.0 Å². The molecule has 5 amide bonds. The van der Waals surface area contributed by atoms with E-state index >= 15 is 0 Å². The van der Waals surface area contributed by atoms with Gasteiger partial charge in [0.05, 0.1) is 11.3 Å². The van der Waals surface area contributed by atoms with E-state index in [0.29, 0.717) is 38.6 Å². The third kappa shape index (κ3) is 9.81. The lowest BCUT2D eigenvalue weighted by Gasteiger charge is -2.27. The molecule has 1 fully saturated rings. The Balaban J connectivity index is 1.63. The molecular formula is C32H46N6O6S. The van der Waals surface area contributed by atoms with Gasteiger partial charge in [-0.15, -0.1) is 0 Å². The quantitative estimate of drug-likeness (QED) is 0.197. The van der Waals surface area contributed by atoms with Crippen LogP contribution in [0.15, 0.2) is 30.5 Å². The Morgan fingerprint density at radius 3 is 2.38 bits per heavy atom. The molecule has 0 aliphatic carbocycles. The molecule has 2 unspecified atom stereocenters. The highest BCUT2D eigenvalue weighted by Gasteiger charge is 2.35. The van der Waals surface area contributed by atoms with Crippen molar-refractivity contribution in [1.82, 2.24) is 25.8 Å². The summed E-state index contributed by atoms with van der Waals surface area (Å²) in [6, 6.07) is 4.12. The van der Waals surface area contributed by atoms with Crippen LogP contribution in [-0.4, -0.2) is 80.5 Å². The largest absolute Gasteiger partial charge is 0.368 e. The van der Waals surface area contributed by atoms with E-state index in [2.05, 4.69) is 20.9 Å². The molecule has 13 heteroatoms. The average molecular weight is 643 g/mol. The van der Waals surface area contributed by atoms with Gasteiger partial charge in [0.2, 0.25) is 34.7 Å². The van der Waals surface area contributed by atoms with Crippen molar-refractivity contribution < 1.29 is 28.8 Å². The minimum absolute atomic E-state index is 0.0639. The first-order chi connectivity index (χ1) is 21.3. The monoisotopic (exact) mass is 642 g/mol. The first-order valence-corrected chi connectivity index (χ1v) is 16.4. The molecule has 1 aliphatic rings. The van der Waals surface area contributed by atoms with Gasteiger partial charge < -0.3 is 31.6 Å². The van der Waals surface area contributed by atoms with E-state index in [1.807, 2.05) is 45.0 Å². The van der Waals surface area contributed by atoms with Gasteiger partial charge >= 0.3 is 0 Å². The number of hydrogen-bond donors (Lipinski definition) is 5. The Kier molecular flexibility index (Phi) is 13.0. The van der Waals surface area contributed by atoms with Crippen LogP contribution in [0, 0.1) is 5.92 Å². The summed E-state index contributed by atoms with van der Waals surface area (Å²) in [6.45, 7) is 9.15. The van der Waals surface area contributed by atoms with Gasteiger partial charge in [0.15, 0.2) is 0 Å². The Bertz CT molecular complexity index is 1390. The summed E-state index contributed by atoms with van der Waals surface area (Å²) in [5.41, 5.74) is 7.37. The topological polar surface area (TPSA) is 184 Å². The number of fused-ring (bicyclic) bond motifs is 1. The van der Waals surface area contributed by atoms with Gasteiger partial charge in [-0.3, -0.25) is 28.8 Å². The molecule has 1 aromatic carbocycles. The lowest BCUT2D eigenvalue weighted by atomic mass is 10.0. The molecule has 0 radical (unpaired) electrons. The normalized spacial score (nSPS) is 17.4. The van der Waals surface area contributed by atoms with Gasteiger partial charge in [0.25, 0.3) is 0 Å². The number of nitrogens with zero attached hydrogens (tertiary/aromatic N) is 1. The summed E-state index contributed by atoms with van der Waals surface area (Å²) in [7, 11) is 0. The van der Waals surface area contributed by atoms with Crippen LogP contribution in [0.2, 0.25) is 0 Å². The number of aromatic amines is 1. The number of H-pyrrole nitrogens is 1. The Hall–Kier alpha value is -3.87. The second-order valence-electron chi connectivity index (χ2n) is 12.0. The fraction of sp³-hybridized carbons (Fsp3) is 0.562. The van der Waals surface area contributed by atoms with E-state index < -0.39 is 58.2 Å². The highest BCUT2D eigenvalue weighted by atomic mass is 32.2. The van der Waals surface area contributed by atoms with Crippen molar-refractivity contribution in [2.45, 2.75) is 103 Å². The number of hydrogen-bond acceptors (Lipinski definition) is 7. The average Bonchev–Trinajstić information content (AvgIpc) is 3.64. The van der Waals surface area contributed by atoms with Crippen LogP contribution < -0.4 is 21.7 Å². The minimum atomic E-state index is -0.983.